The Hall–Kier alpha value is -2.71. The number of rotatable bonds is 3. The van der Waals surface area contributed by atoms with Crippen molar-refractivity contribution in [1.29, 1.82) is 0 Å². The lowest BCUT2D eigenvalue weighted by atomic mass is 9.82. The average Bonchev–Trinajstić information content (AvgIpc) is 2.91. The second-order valence-electron chi connectivity index (χ2n) is 7.83. The Kier molecular flexibility index (Phi) is 4.81. The van der Waals surface area contributed by atoms with Gasteiger partial charge >= 0.3 is 6.18 Å². The van der Waals surface area contributed by atoms with Gasteiger partial charge in [0.1, 0.15) is 17.2 Å². The number of alkyl halides is 3. The predicted molar refractivity (Wildman–Crippen MR) is 98.3 cm³/mol. The Labute approximate surface area is 159 Å². The molecule has 0 fully saturated rings. The van der Waals surface area contributed by atoms with Crippen molar-refractivity contribution in [2.45, 2.75) is 39.9 Å². The van der Waals surface area contributed by atoms with E-state index in [2.05, 4.69) is 20.3 Å². The maximum atomic E-state index is 14.2. The lowest BCUT2D eigenvalue weighted by Crippen LogP contribution is -2.27. The molecule has 5 nitrogen and oxygen atoms in total. The molecule has 0 aliphatic carbocycles. The zero-order valence-corrected chi connectivity index (χ0v) is 16.2. The monoisotopic (exact) mass is 395 g/mol. The molecule has 0 saturated heterocycles. The Morgan fingerprint density at radius 1 is 1.11 bits per heavy atom. The minimum atomic E-state index is -4.74. The number of anilines is 1. The van der Waals surface area contributed by atoms with Crippen LogP contribution in [0.1, 0.15) is 43.8 Å². The van der Waals surface area contributed by atoms with E-state index >= 15 is 0 Å². The van der Waals surface area contributed by atoms with Gasteiger partial charge in [0.15, 0.2) is 11.5 Å². The largest absolute Gasteiger partial charge is 0.419 e. The van der Waals surface area contributed by atoms with Crippen molar-refractivity contribution in [3.63, 3.8) is 0 Å². The van der Waals surface area contributed by atoms with Gasteiger partial charge in [-0.25, -0.2) is 19.3 Å². The van der Waals surface area contributed by atoms with E-state index in [1.807, 2.05) is 20.8 Å². The summed E-state index contributed by atoms with van der Waals surface area (Å²) in [4.78, 5) is 13.1. The van der Waals surface area contributed by atoms with Crippen molar-refractivity contribution >= 4 is 17.0 Å². The Bertz CT molecular complexity index is 1020. The van der Waals surface area contributed by atoms with E-state index in [1.54, 1.807) is 24.9 Å². The number of hydrogen-bond donors (Lipinski definition) is 1. The minimum Gasteiger partial charge on any atom is -0.361 e. The van der Waals surface area contributed by atoms with E-state index < -0.39 is 29.0 Å². The molecule has 0 saturated carbocycles. The number of nitrogens with one attached hydrogen (secondary N) is 1. The van der Waals surface area contributed by atoms with Crippen molar-refractivity contribution in [3.8, 4) is 0 Å². The summed E-state index contributed by atoms with van der Waals surface area (Å²) in [5, 5.41) is 3.24. The molecule has 0 aliphatic rings. The van der Waals surface area contributed by atoms with E-state index in [0.717, 1.165) is 12.1 Å². The van der Waals surface area contributed by atoms with Crippen molar-refractivity contribution in [2.24, 2.45) is 12.5 Å². The molecular weight excluding hydrogens is 374 g/mol. The van der Waals surface area contributed by atoms with Gasteiger partial charge in [-0.2, -0.15) is 13.2 Å². The molecule has 28 heavy (non-hydrogen) atoms. The topological polar surface area (TPSA) is 55.6 Å². The van der Waals surface area contributed by atoms with Gasteiger partial charge in [0.05, 0.1) is 17.9 Å². The highest BCUT2D eigenvalue weighted by atomic mass is 19.4. The SMILES string of the molecule is Cc1nc(NC(c2ccc(C(F)(F)F)c(F)c2)C(C)(C)C)c2ncn(C)c2n1. The number of hydrogen-bond acceptors (Lipinski definition) is 4. The highest BCUT2D eigenvalue weighted by molar-refractivity contribution is 5.83. The smallest absolute Gasteiger partial charge is 0.361 e. The molecule has 150 valence electrons. The van der Waals surface area contributed by atoms with Crippen LogP contribution in [0.3, 0.4) is 0 Å². The molecular formula is C19H21F4N5. The fourth-order valence-corrected chi connectivity index (χ4v) is 3.09. The van der Waals surface area contributed by atoms with Crippen LogP contribution in [0, 0.1) is 18.2 Å². The molecule has 0 radical (unpaired) electrons. The molecule has 2 aromatic heterocycles. The summed E-state index contributed by atoms with van der Waals surface area (Å²) < 4.78 is 54.6. The molecule has 0 bridgehead atoms. The van der Waals surface area contributed by atoms with E-state index in [0.29, 0.717) is 28.4 Å². The van der Waals surface area contributed by atoms with Gasteiger partial charge in [-0.1, -0.05) is 26.8 Å². The van der Waals surface area contributed by atoms with Crippen molar-refractivity contribution in [3.05, 3.63) is 47.3 Å². The van der Waals surface area contributed by atoms with Crippen LogP contribution in [-0.2, 0) is 13.2 Å². The van der Waals surface area contributed by atoms with E-state index in [1.165, 1.54) is 6.07 Å². The maximum absolute atomic E-state index is 14.2. The van der Waals surface area contributed by atoms with Crippen LogP contribution in [0.25, 0.3) is 11.2 Å². The molecule has 0 aliphatic heterocycles. The van der Waals surface area contributed by atoms with E-state index in [-0.39, 0.29) is 0 Å². The number of aromatic nitrogens is 4. The van der Waals surface area contributed by atoms with Crippen LogP contribution in [-0.4, -0.2) is 19.5 Å². The van der Waals surface area contributed by atoms with Gasteiger partial charge < -0.3 is 9.88 Å². The number of aryl methyl sites for hydroxylation is 2. The quantitative estimate of drug-likeness (QED) is 0.632. The van der Waals surface area contributed by atoms with Gasteiger partial charge in [0, 0.05) is 7.05 Å². The molecule has 0 amide bonds. The van der Waals surface area contributed by atoms with Crippen molar-refractivity contribution < 1.29 is 17.6 Å². The first-order valence-electron chi connectivity index (χ1n) is 8.67. The summed E-state index contributed by atoms with van der Waals surface area (Å²) in [6.45, 7) is 7.46. The summed E-state index contributed by atoms with van der Waals surface area (Å²) in [5.41, 5.74) is -0.185. The Morgan fingerprint density at radius 3 is 2.36 bits per heavy atom. The minimum absolute atomic E-state index is 0.387. The van der Waals surface area contributed by atoms with Crippen molar-refractivity contribution in [2.75, 3.05) is 5.32 Å². The highest BCUT2D eigenvalue weighted by Gasteiger charge is 2.35. The predicted octanol–water partition coefficient (Wildman–Crippen LogP) is 5.03. The van der Waals surface area contributed by atoms with Gasteiger partial charge in [0.2, 0.25) is 0 Å². The van der Waals surface area contributed by atoms with Crippen LogP contribution >= 0.6 is 0 Å². The van der Waals surface area contributed by atoms with Gasteiger partial charge in [0.25, 0.3) is 0 Å². The summed E-state index contributed by atoms with van der Waals surface area (Å²) in [7, 11) is 1.80. The first-order valence-corrected chi connectivity index (χ1v) is 8.67. The third kappa shape index (κ3) is 3.79. The molecule has 3 aromatic rings. The van der Waals surface area contributed by atoms with Crippen LogP contribution in [0.4, 0.5) is 23.4 Å². The number of benzene rings is 1. The number of imidazole rings is 1. The average molecular weight is 395 g/mol. The molecule has 1 unspecified atom stereocenters. The van der Waals surface area contributed by atoms with Crippen LogP contribution in [0.5, 0.6) is 0 Å². The molecule has 9 heteroatoms. The summed E-state index contributed by atoms with van der Waals surface area (Å²) >= 11 is 0. The van der Waals surface area contributed by atoms with Gasteiger partial charge in [-0.3, -0.25) is 0 Å². The fourth-order valence-electron chi connectivity index (χ4n) is 3.09. The van der Waals surface area contributed by atoms with Gasteiger partial charge in [-0.05, 0) is 30.0 Å². The number of nitrogens with zero attached hydrogens (tertiary/aromatic N) is 4. The van der Waals surface area contributed by atoms with E-state index in [9.17, 15) is 17.6 Å². The summed E-state index contributed by atoms with van der Waals surface area (Å²) in [6.07, 6.45) is -3.13. The first kappa shape index (κ1) is 20.0. The molecule has 3 rings (SSSR count). The van der Waals surface area contributed by atoms with Crippen LogP contribution < -0.4 is 5.32 Å². The summed E-state index contributed by atoms with van der Waals surface area (Å²) in [5.74, 6) is -0.337. The van der Waals surface area contributed by atoms with Crippen LogP contribution in [0.15, 0.2) is 24.5 Å². The maximum Gasteiger partial charge on any atom is 0.419 e. The lowest BCUT2D eigenvalue weighted by Gasteiger charge is -2.32. The standard InChI is InChI=1S/C19H21F4N5/c1-10-25-16(14-17(26-10)28(5)9-24-14)27-15(18(2,3)4)11-6-7-12(13(20)8-11)19(21,22)23/h6-9,15H,1-5H3,(H,25,26,27). The molecule has 1 atom stereocenters. The molecule has 1 N–H and O–H groups in total. The zero-order valence-electron chi connectivity index (χ0n) is 16.2. The summed E-state index contributed by atoms with van der Waals surface area (Å²) in [6, 6.07) is 2.48. The molecule has 1 aromatic carbocycles. The lowest BCUT2D eigenvalue weighted by molar-refractivity contribution is -0.140. The third-order valence-electron chi connectivity index (χ3n) is 4.45. The van der Waals surface area contributed by atoms with Crippen LogP contribution in [0.2, 0.25) is 0 Å². The zero-order chi connectivity index (χ0) is 20.9. The second kappa shape index (κ2) is 6.72. The Morgan fingerprint density at radius 2 is 1.79 bits per heavy atom. The molecule has 0 spiro atoms. The van der Waals surface area contributed by atoms with Gasteiger partial charge in [-0.15, -0.1) is 0 Å². The highest BCUT2D eigenvalue weighted by Crippen LogP contribution is 2.39. The number of halogens is 4. The normalized spacial score (nSPS) is 13.8. The van der Waals surface area contributed by atoms with Crippen molar-refractivity contribution in [1.82, 2.24) is 19.5 Å². The third-order valence-corrected chi connectivity index (χ3v) is 4.45. The molecule has 2 heterocycles. The number of fused-ring (bicyclic) bond motifs is 1. The fraction of sp³-hybridized carbons (Fsp3) is 0.421. The first-order chi connectivity index (χ1) is 12.9. The van der Waals surface area contributed by atoms with E-state index in [4.69, 9.17) is 0 Å². The second-order valence-corrected chi connectivity index (χ2v) is 7.83. The Balaban J connectivity index is 2.08.